The lowest BCUT2D eigenvalue weighted by Gasteiger charge is -2.09. The van der Waals surface area contributed by atoms with Crippen LogP contribution >= 0.6 is 0 Å². The summed E-state index contributed by atoms with van der Waals surface area (Å²) in [5, 5.41) is 12.5. The maximum Gasteiger partial charge on any atom is 0.138 e. The van der Waals surface area contributed by atoms with Crippen molar-refractivity contribution in [2.24, 2.45) is 5.92 Å². The fourth-order valence-electron chi connectivity index (χ4n) is 0.937. The maximum absolute atomic E-state index is 9.36. The van der Waals surface area contributed by atoms with Crippen LogP contribution in [-0.2, 0) is 0 Å². The maximum atomic E-state index is 9.36. The Hall–Kier alpha value is -1.18. The SMILES string of the molecule is CC(C)CNc1ccccc1O. The molecule has 1 aromatic carbocycles. The second kappa shape index (κ2) is 4.00. The molecule has 0 aliphatic heterocycles. The van der Waals surface area contributed by atoms with Gasteiger partial charge in [-0.3, -0.25) is 0 Å². The van der Waals surface area contributed by atoms with Crippen molar-refractivity contribution in [3.05, 3.63) is 24.3 Å². The molecule has 2 heteroatoms. The van der Waals surface area contributed by atoms with E-state index in [4.69, 9.17) is 0 Å². The number of para-hydroxylation sites is 2. The van der Waals surface area contributed by atoms with Crippen LogP contribution in [0.25, 0.3) is 0 Å². The molecule has 0 unspecified atom stereocenters. The molecule has 1 rings (SSSR count). The zero-order chi connectivity index (χ0) is 8.97. The minimum absolute atomic E-state index is 0.318. The van der Waals surface area contributed by atoms with Crippen molar-refractivity contribution >= 4 is 5.69 Å². The van der Waals surface area contributed by atoms with E-state index < -0.39 is 0 Å². The van der Waals surface area contributed by atoms with Crippen LogP contribution in [0.5, 0.6) is 5.75 Å². The molecule has 0 bridgehead atoms. The average molecular weight is 165 g/mol. The summed E-state index contributed by atoms with van der Waals surface area (Å²) in [4.78, 5) is 0. The molecule has 0 aromatic heterocycles. The Balaban J connectivity index is 2.57. The number of nitrogens with one attached hydrogen (secondary N) is 1. The third kappa shape index (κ3) is 2.46. The predicted octanol–water partition coefficient (Wildman–Crippen LogP) is 2.46. The molecular formula is C10H15NO. The lowest BCUT2D eigenvalue weighted by Crippen LogP contribution is -2.07. The van der Waals surface area contributed by atoms with Crippen LogP contribution in [-0.4, -0.2) is 11.7 Å². The van der Waals surface area contributed by atoms with Gasteiger partial charge in [0.25, 0.3) is 0 Å². The first-order valence-corrected chi connectivity index (χ1v) is 4.22. The third-order valence-corrected chi connectivity index (χ3v) is 1.60. The highest BCUT2D eigenvalue weighted by atomic mass is 16.3. The Morgan fingerprint density at radius 3 is 2.58 bits per heavy atom. The van der Waals surface area contributed by atoms with Crippen LogP contribution in [0, 0.1) is 5.92 Å². The van der Waals surface area contributed by atoms with E-state index >= 15 is 0 Å². The molecule has 12 heavy (non-hydrogen) atoms. The summed E-state index contributed by atoms with van der Waals surface area (Å²) < 4.78 is 0. The summed E-state index contributed by atoms with van der Waals surface area (Å²) in [6.07, 6.45) is 0. The smallest absolute Gasteiger partial charge is 0.138 e. The average Bonchev–Trinajstić information content (AvgIpc) is 2.03. The lowest BCUT2D eigenvalue weighted by molar-refractivity contribution is 0.476. The standard InChI is InChI=1S/C10H15NO/c1-8(2)7-11-9-5-3-4-6-10(9)12/h3-6,8,11-12H,7H2,1-2H3. The fraction of sp³-hybridized carbons (Fsp3) is 0.400. The number of phenolic OH excluding ortho intramolecular Hbond substituents is 1. The van der Waals surface area contributed by atoms with Crippen molar-refractivity contribution in [2.45, 2.75) is 13.8 Å². The Morgan fingerprint density at radius 1 is 1.33 bits per heavy atom. The van der Waals surface area contributed by atoms with E-state index in [1.807, 2.05) is 18.2 Å². The molecule has 0 aliphatic carbocycles. The van der Waals surface area contributed by atoms with Crippen molar-refractivity contribution in [1.29, 1.82) is 0 Å². The molecule has 0 aliphatic rings. The minimum atomic E-state index is 0.318. The molecule has 0 radical (unpaired) electrons. The van der Waals surface area contributed by atoms with E-state index in [-0.39, 0.29) is 0 Å². The van der Waals surface area contributed by atoms with Gasteiger partial charge in [0.15, 0.2) is 0 Å². The van der Waals surface area contributed by atoms with Crippen LogP contribution in [0.2, 0.25) is 0 Å². The molecule has 0 fully saturated rings. The van der Waals surface area contributed by atoms with E-state index in [1.165, 1.54) is 0 Å². The van der Waals surface area contributed by atoms with Gasteiger partial charge in [0, 0.05) is 6.54 Å². The zero-order valence-electron chi connectivity index (χ0n) is 7.54. The van der Waals surface area contributed by atoms with Gasteiger partial charge in [0.2, 0.25) is 0 Å². The normalized spacial score (nSPS) is 10.2. The minimum Gasteiger partial charge on any atom is -0.506 e. The first-order chi connectivity index (χ1) is 5.70. The van der Waals surface area contributed by atoms with Gasteiger partial charge >= 0.3 is 0 Å². The van der Waals surface area contributed by atoms with E-state index in [1.54, 1.807) is 6.07 Å². The van der Waals surface area contributed by atoms with Gasteiger partial charge in [0.05, 0.1) is 5.69 Å². The molecule has 1 aromatic rings. The van der Waals surface area contributed by atoms with Crippen LogP contribution in [0.3, 0.4) is 0 Å². The number of phenols is 1. The topological polar surface area (TPSA) is 32.3 Å². The third-order valence-electron chi connectivity index (χ3n) is 1.60. The monoisotopic (exact) mass is 165 g/mol. The van der Waals surface area contributed by atoms with Gasteiger partial charge in [0.1, 0.15) is 5.75 Å². The Kier molecular flexibility index (Phi) is 2.97. The zero-order valence-corrected chi connectivity index (χ0v) is 7.54. The van der Waals surface area contributed by atoms with Gasteiger partial charge in [-0.1, -0.05) is 26.0 Å². The highest BCUT2D eigenvalue weighted by Gasteiger charge is 1.98. The van der Waals surface area contributed by atoms with Gasteiger partial charge in [-0.15, -0.1) is 0 Å². The summed E-state index contributed by atoms with van der Waals surface area (Å²) in [6, 6.07) is 7.28. The van der Waals surface area contributed by atoms with Crippen molar-refractivity contribution in [3.8, 4) is 5.75 Å². The molecule has 66 valence electrons. The molecule has 0 heterocycles. The van der Waals surface area contributed by atoms with Crippen LogP contribution in [0.4, 0.5) is 5.69 Å². The van der Waals surface area contributed by atoms with E-state index in [9.17, 15) is 5.11 Å². The molecule has 2 N–H and O–H groups in total. The van der Waals surface area contributed by atoms with Crippen LogP contribution < -0.4 is 5.32 Å². The largest absolute Gasteiger partial charge is 0.506 e. The molecule has 0 atom stereocenters. The van der Waals surface area contributed by atoms with E-state index in [2.05, 4.69) is 19.2 Å². The first kappa shape index (κ1) is 8.91. The number of hydrogen-bond acceptors (Lipinski definition) is 2. The highest BCUT2D eigenvalue weighted by molar-refractivity contribution is 5.55. The molecule has 0 spiro atoms. The number of hydrogen-bond donors (Lipinski definition) is 2. The summed E-state index contributed by atoms with van der Waals surface area (Å²) in [5.74, 6) is 0.905. The molecule has 2 nitrogen and oxygen atoms in total. The summed E-state index contributed by atoms with van der Waals surface area (Å²) in [7, 11) is 0. The fourth-order valence-corrected chi connectivity index (χ4v) is 0.937. The summed E-state index contributed by atoms with van der Waals surface area (Å²) >= 11 is 0. The number of anilines is 1. The second-order valence-corrected chi connectivity index (χ2v) is 3.29. The van der Waals surface area contributed by atoms with Crippen molar-refractivity contribution in [2.75, 3.05) is 11.9 Å². The van der Waals surface area contributed by atoms with Crippen LogP contribution in [0.1, 0.15) is 13.8 Å². The molecular weight excluding hydrogens is 150 g/mol. The molecule has 0 saturated heterocycles. The highest BCUT2D eigenvalue weighted by Crippen LogP contribution is 2.21. The van der Waals surface area contributed by atoms with Crippen molar-refractivity contribution in [1.82, 2.24) is 0 Å². The Labute approximate surface area is 73.2 Å². The van der Waals surface area contributed by atoms with Gasteiger partial charge in [-0.2, -0.15) is 0 Å². The molecule has 0 amide bonds. The Bertz CT molecular complexity index is 245. The van der Waals surface area contributed by atoms with Gasteiger partial charge < -0.3 is 10.4 Å². The van der Waals surface area contributed by atoms with E-state index in [0.717, 1.165) is 12.2 Å². The van der Waals surface area contributed by atoms with Crippen molar-refractivity contribution in [3.63, 3.8) is 0 Å². The number of rotatable bonds is 3. The first-order valence-electron chi connectivity index (χ1n) is 4.22. The lowest BCUT2D eigenvalue weighted by atomic mass is 10.2. The van der Waals surface area contributed by atoms with Gasteiger partial charge in [-0.05, 0) is 18.1 Å². The summed E-state index contributed by atoms with van der Waals surface area (Å²) in [6.45, 7) is 5.15. The quantitative estimate of drug-likeness (QED) is 0.674. The van der Waals surface area contributed by atoms with Crippen LogP contribution in [0.15, 0.2) is 24.3 Å². The second-order valence-electron chi connectivity index (χ2n) is 3.29. The number of benzene rings is 1. The predicted molar refractivity (Wildman–Crippen MR) is 51.4 cm³/mol. The van der Waals surface area contributed by atoms with E-state index in [0.29, 0.717) is 11.7 Å². The number of aromatic hydroxyl groups is 1. The van der Waals surface area contributed by atoms with Crippen molar-refractivity contribution < 1.29 is 5.11 Å². The molecule has 0 saturated carbocycles. The Morgan fingerprint density at radius 2 is 2.00 bits per heavy atom. The summed E-state index contributed by atoms with van der Waals surface area (Å²) in [5.41, 5.74) is 0.811. The van der Waals surface area contributed by atoms with Gasteiger partial charge in [-0.25, -0.2) is 0 Å².